The molecule has 0 saturated heterocycles. The van der Waals surface area contributed by atoms with Gasteiger partial charge in [0.25, 0.3) is 0 Å². The number of fused-ring (bicyclic) bond motifs is 3. The molecule has 1 aliphatic carbocycles. The number of benzene rings is 4. The second-order valence-corrected chi connectivity index (χ2v) is 7.32. The highest BCUT2D eigenvalue weighted by atomic mass is 14.6. The maximum absolute atomic E-state index is 6.58. The lowest BCUT2D eigenvalue weighted by molar-refractivity contribution is 1.26. The van der Waals surface area contributed by atoms with Crippen LogP contribution in [-0.2, 0) is 6.42 Å². The van der Waals surface area contributed by atoms with Crippen molar-refractivity contribution >= 4 is 17.1 Å². The molecular formula is C25H21N3. The Hall–Kier alpha value is -3.72. The van der Waals surface area contributed by atoms with Gasteiger partial charge in [-0.05, 0) is 75.7 Å². The molecule has 0 aromatic heterocycles. The molecule has 4 aromatic rings. The van der Waals surface area contributed by atoms with Crippen LogP contribution in [0.2, 0.25) is 0 Å². The van der Waals surface area contributed by atoms with E-state index in [4.69, 9.17) is 17.2 Å². The molecule has 136 valence electrons. The van der Waals surface area contributed by atoms with Gasteiger partial charge in [-0.3, -0.25) is 0 Å². The Morgan fingerprint density at radius 2 is 1.18 bits per heavy atom. The highest BCUT2D eigenvalue weighted by molar-refractivity contribution is 5.99. The fourth-order valence-corrected chi connectivity index (χ4v) is 4.24. The fraction of sp³-hybridized carbons (Fsp3) is 0.0400. The average Bonchev–Trinajstić information content (AvgIpc) is 3.09. The van der Waals surface area contributed by atoms with Gasteiger partial charge in [0.05, 0.1) is 0 Å². The van der Waals surface area contributed by atoms with Crippen LogP contribution >= 0.6 is 0 Å². The van der Waals surface area contributed by atoms with E-state index in [2.05, 4.69) is 54.6 Å². The van der Waals surface area contributed by atoms with Gasteiger partial charge in [0.1, 0.15) is 0 Å². The third-order valence-electron chi connectivity index (χ3n) is 5.54. The van der Waals surface area contributed by atoms with Crippen LogP contribution in [0.25, 0.3) is 33.4 Å². The fourth-order valence-electron chi connectivity index (χ4n) is 4.24. The number of hydrogen-bond donors (Lipinski definition) is 3. The topological polar surface area (TPSA) is 78.1 Å². The lowest BCUT2D eigenvalue weighted by atomic mass is 9.87. The average molecular weight is 363 g/mol. The molecule has 0 unspecified atom stereocenters. The van der Waals surface area contributed by atoms with Gasteiger partial charge in [-0.15, -0.1) is 0 Å². The molecule has 0 saturated carbocycles. The van der Waals surface area contributed by atoms with E-state index in [1.807, 2.05) is 24.3 Å². The van der Waals surface area contributed by atoms with Gasteiger partial charge in [0.2, 0.25) is 0 Å². The third kappa shape index (κ3) is 2.52. The highest BCUT2D eigenvalue weighted by Gasteiger charge is 2.26. The van der Waals surface area contributed by atoms with Crippen molar-refractivity contribution in [2.24, 2.45) is 0 Å². The molecule has 0 atom stereocenters. The summed E-state index contributed by atoms with van der Waals surface area (Å²) < 4.78 is 0. The Morgan fingerprint density at radius 1 is 0.571 bits per heavy atom. The molecule has 0 bridgehead atoms. The zero-order chi connectivity index (χ0) is 19.3. The summed E-state index contributed by atoms with van der Waals surface area (Å²) in [5.41, 5.74) is 30.3. The molecule has 0 radical (unpaired) electrons. The van der Waals surface area contributed by atoms with Gasteiger partial charge < -0.3 is 17.2 Å². The van der Waals surface area contributed by atoms with Crippen LogP contribution in [0.1, 0.15) is 11.1 Å². The molecule has 1 aliphatic rings. The van der Waals surface area contributed by atoms with Gasteiger partial charge in [0.15, 0.2) is 0 Å². The minimum atomic E-state index is 0.749. The first-order valence-electron chi connectivity index (χ1n) is 9.37. The molecular weight excluding hydrogens is 342 g/mol. The van der Waals surface area contributed by atoms with E-state index < -0.39 is 0 Å². The molecule has 0 aliphatic heterocycles. The summed E-state index contributed by atoms with van der Waals surface area (Å²) in [6, 6.07) is 26.7. The van der Waals surface area contributed by atoms with Crippen molar-refractivity contribution in [1.29, 1.82) is 0 Å². The predicted octanol–water partition coefficient (Wildman–Crippen LogP) is 5.34. The van der Waals surface area contributed by atoms with Crippen LogP contribution in [0.15, 0.2) is 78.9 Å². The molecule has 0 amide bonds. The third-order valence-corrected chi connectivity index (χ3v) is 5.54. The Kier molecular flexibility index (Phi) is 3.63. The summed E-state index contributed by atoms with van der Waals surface area (Å²) in [4.78, 5) is 0. The predicted molar refractivity (Wildman–Crippen MR) is 119 cm³/mol. The van der Waals surface area contributed by atoms with E-state index >= 15 is 0 Å². The van der Waals surface area contributed by atoms with Gasteiger partial charge >= 0.3 is 0 Å². The molecule has 6 N–H and O–H groups in total. The van der Waals surface area contributed by atoms with Crippen molar-refractivity contribution in [1.82, 2.24) is 0 Å². The van der Waals surface area contributed by atoms with Crippen LogP contribution in [0, 0.1) is 0 Å². The number of anilines is 3. The molecule has 5 rings (SSSR count). The summed E-state index contributed by atoms with van der Waals surface area (Å²) in [6.45, 7) is 0. The molecule has 0 spiro atoms. The Morgan fingerprint density at radius 3 is 1.86 bits per heavy atom. The minimum Gasteiger partial charge on any atom is -0.399 e. The van der Waals surface area contributed by atoms with Gasteiger partial charge in [-0.1, -0.05) is 48.5 Å². The van der Waals surface area contributed by atoms with Gasteiger partial charge in [-0.25, -0.2) is 0 Å². The number of rotatable bonds is 2. The van der Waals surface area contributed by atoms with E-state index in [9.17, 15) is 0 Å². The summed E-state index contributed by atoms with van der Waals surface area (Å²) in [5.74, 6) is 0. The van der Waals surface area contributed by atoms with Crippen molar-refractivity contribution < 1.29 is 0 Å². The molecule has 3 nitrogen and oxygen atoms in total. The van der Waals surface area contributed by atoms with Crippen LogP contribution in [0.4, 0.5) is 17.1 Å². The van der Waals surface area contributed by atoms with Crippen LogP contribution < -0.4 is 17.2 Å². The Balaban J connectivity index is 1.83. The standard InChI is InChI=1S/C25H21N3/c26-18-9-5-15(6-10-18)21-14-23(28)25-20-4-2-1-3-17(20)13-22(25)24(21)16-7-11-19(27)12-8-16/h1-12,14H,13,26-28H2. The number of nitrogens with two attached hydrogens (primary N) is 3. The summed E-state index contributed by atoms with van der Waals surface area (Å²) >= 11 is 0. The molecule has 4 aromatic carbocycles. The zero-order valence-electron chi connectivity index (χ0n) is 15.4. The van der Waals surface area contributed by atoms with E-state index in [1.165, 1.54) is 22.3 Å². The zero-order valence-corrected chi connectivity index (χ0v) is 15.4. The first-order chi connectivity index (χ1) is 13.6. The van der Waals surface area contributed by atoms with Crippen molar-refractivity contribution in [2.45, 2.75) is 6.42 Å². The number of nitrogen functional groups attached to an aromatic ring is 3. The Labute approximate surface area is 164 Å². The van der Waals surface area contributed by atoms with Gasteiger partial charge in [0, 0.05) is 22.6 Å². The van der Waals surface area contributed by atoms with Gasteiger partial charge in [-0.2, -0.15) is 0 Å². The lowest BCUT2D eigenvalue weighted by Gasteiger charge is -2.18. The van der Waals surface area contributed by atoms with E-state index in [-0.39, 0.29) is 0 Å². The quantitative estimate of drug-likeness (QED) is 0.371. The molecule has 3 heteroatoms. The number of hydrogen-bond acceptors (Lipinski definition) is 3. The largest absolute Gasteiger partial charge is 0.399 e. The summed E-state index contributed by atoms with van der Waals surface area (Å²) in [7, 11) is 0. The smallest absolute Gasteiger partial charge is 0.0403 e. The Bertz CT molecular complexity index is 1190. The van der Waals surface area contributed by atoms with Crippen molar-refractivity contribution in [3.8, 4) is 33.4 Å². The molecule has 0 fully saturated rings. The maximum Gasteiger partial charge on any atom is 0.0403 e. The normalized spacial score (nSPS) is 11.9. The molecule has 0 heterocycles. The van der Waals surface area contributed by atoms with E-state index in [0.29, 0.717) is 0 Å². The lowest BCUT2D eigenvalue weighted by Crippen LogP contribution is -1.98. The van der Waals surface area contributed by atoms with E-state index in [1.54, 1.807) is 0 Å². The maximum atomic E-state index is 6.58. The van der Waals surface area contributed by atoms with Crippen LogP contribution in [0.3, 0.4) is 0 Å². The van der Waals surface area contributed by atoms with Crippen molar-refractivity contribution in [3.63, 3.8) is 0 Å². The van der Waals surface area contributed by atoms with Crippen molar-refractivity contribution in [3.05, 3.63) is 90.0 Å². The minimum absolute atomic E-state index is 0.749. The first-order valence-corrected chi connectivity index (χ1v) is 9.37. The summed E-state index contributed by atoms with van der Waals surface area (Å²) in [5, 5.41) is 0. The second-order valence-electron chi connectivity index (χ2n) is 7.32. The SMILES string of the molecule is Nc1ccc(-c2cc(N)c3c(c2-c2ccc(N)cc2)Cc2ccccc2-3)cc1. The summed E-state index contributed by atoms with van der Waals surface area (Å²) in [6.07, 6.45) is 0.873. The van der Waals surface area contributed by atoms with Crippen molar-refractivity contribution in [2.75, 3.05) is 17.2 Å². The van der Waals surface area contributed by atoms with Crippen LogP contribution in [0.5, 0.6) is 0 Å². The first kappa shape index (κ1) is 16.5. The second kappa shape index (κ2) is 6.17. The molecule has 28 heavy (non-hydrogen) atoms. The monoisotopic (exact) mass is 363 g/mol. The highest BCUT2D eigenvalue weighted by Crippen LogP contribution is 2.49. The van der Waals surface area contributed by atoms with E-state index in [0.717, 1.165) is 45.7 Å². The van der Waals surface area contributed by atoms with Crippen LogP contribution in [-0.4, -0.2) is 0 Å².